The molecule has 0 unspecified atom stereocenters. The van der Waals surface area contributed by atoms with Gasteiger partial charge in [0.2, 0.25) is 0 Å². The van der Waals surface area contributed by atoms with E-state index >= 15 is 0 Å². The van der Waals surface area contributed by atoms with Gasteiger partial charge in [-0.15, -0.1) is 0 Å². The standard InChI is InChI=1S/C9H16N2S2/c12-9-11(6-7-13-9)8-10-4-2-1-3-5-10/h1-8H2/p+1. The maximum absolute atomic E-state index is 5.28. The number of thiocarbonyl (C=S) groups is 1. The van der Waals surface area contributed by atoms with E-state index in [1.54, 1.807) is 4.90 Å². The first-order valence-electron chi connectivity index (χ1n) is 5.11. The van der Waals surface area contributed by atoms with E-state index in [9.17, 15) is 0 Å². The molecule has 2 nitrogen and oxygen atoms in total. The predicted octanol–water partition coefficient (Wildman–Crippen LogP) is 0.346. The van der Waals surface area contributed by atoms with Crippen molar-refractivity contribution in [2.75, 3.05) is 32.1 Å². The Bertz CT molecular complexity index is 190. The van der Waals surface area contributed by atoms with E-state index in [-0.39, 0.29) is 0 Å². The second-order valence-corrected chi connectivity index (χ2v) is 5.58. The zero-order valence-corrected chi connectivity index (χ0v) is 9.55. The summed E-state index contributed by atoms with van der Waals surface area (Å²) in [6.07, 6.45) is 4.24. The number of hydrogen-bond acceptors (Lipinski definition) is 2. The average molecular weight is 217 g/mol. The van der Waals surface area contributed by atoms with Crippen molar-refractivity contribution in [1.82, 2.24) is 4.90 Å². The minimum atomic E-state index is 1.12. The zero-order chi connectivity index (χ0) is 9.10. The Labute approximate surface area is 89.6 Å². The van der Waals surface area contributed by atoms with E-state index in [0.717, 1.165) is 11.0 Å². The van der Waals surface area contributed by atoms with E-state index in [2.05, 4.69) is 4.90 Å². The van der Waals surface area contributed by atoms with Crippen LogP contribution in [0.4, 0.5) is 0 Å². The summed E-state index contributed by atoms with van der Waals surface area (Å²) in [5.41, 5.74) is 0. The average Bonchev–Trinajstić information content (AvgIpc) is 2.54. The Morgan fingerprint density at radius 3 is 2.69 bits per heavy atom. The lowest BCUT2D eigenvalue weighted by Gasteiger charge is -2.28. The largest absolute Gasteiger partial charge is 0.318 e. The molecule has 13 heavy (non-hydrogen) atoms. The molecule has 0 radical (unpaired) electrons. The van der Waals surface area contributed by atoms with Crippen LogP contribution in [0, 0.1) is 0 Å². The molecule has 0 atom stereocenters. The maximum atomic E-state index is 5.28. The molecule has 74 valence electrons. The van der Waals surface area contributed by atoms with Crippen LogP contribution in [0.15, 0.2) is 0 Å². The van der Waals surface area contributed by atoms with Crippen LogP contribution in [0.25, 0.3) is 0 Å². The minimum absolute atomic E-state index is 1.12. The van der Waals surface area contributed by atoms with Gasteiger partial charge >= 0.3 is 0 Å². The predicted molar refractivity (Wildman–Crippen MR) is 61.2 cm³/mol. The highest BCUT2D eigenvalue weighted by Crippen LogP contribution is 2.15. The van der Waals surface area contributed by atoms with E-state index < -0.39 is 0 Å². The lowest BCUT2D eigenvalue weighted by atomic mass is 10.1. The Kier molecular flexibility index (Phi) is 3.46. The molecule has 0 aromatic heterocycles. The third-order valence-electron chi connectivity index (χ3n) is 2.82. The Hall–Kier alpha value is 0.200. The number of piperidine rings is 1. The first-order valence-corrected chi connectivity index (χ1v) is 6.51. The fourth-order valence-corrected chi connectivity index (χ4v) is 3.28. The number of rotatable bonds is 2. The van der Waals surface area contributed by atoms with Gasteiger partial charge in [0.05, 0.1) is 13.1 Å². The highest BCUT2D eigenvalue weighted by Gasteiger charge is 2.22. The van der Waals surface area contributed by atoms with E-state index in [0.29, 0.717) is 0 Å². The van der Waals surface area contributed by atoms with Gasteiger partial charge in [-0.25, -0.2) is 0 Å². The molecule has 2 aliphatic heterocycles. The molecule has 0 saturated carbocycles. The van der Waals surface area contributed by atoms with Crippen molar-refractivity contribution in [3.63, 3.8) is 0 Å². The fraction of sp³-hybridized carbons (Fsp3) is 0.889. The highest BCUT2D eigenvalue weighted by atomic mass is 32.2. The molecular weight excluding hydrogens is 200 g/mol. The number of nitrogens with zero attached hydrogens (tertiary/aromatic N) is 1. The number of thioether (sulfide) groups is 1. The SMILES string of the molecule is S=C1SCCN1C[NH+]1CCCCC1. The van der Waals surface area contributed by atoms with Crippen LogP contribution in [-0.4, -0.2) is 41.3 Å². The minimum Gasteiger partial charge on any atom is -0.318 e. The monoisotopic (exact) mass is 217 g/mol. The third kappa shape index (κ3) is 2.58. The molecular formula is C9H17N2S2+. The van der Waals surface area contributed by atoms with Gasteiger partial charge < -0.3 is 9.80 Å². The summed E-state index contributed by atoms with van der Waals surface area (Å²) in [5, 5.41) is 0. The van der Waals surface area contributed by atoms with Gasteiger partial charge in [0.25, 0.3) is 0 Å². The normalized spacial score (nSPS) is 25.5. The topological polar surface area (TPSA) is 7.68 Å². The molecule has 0 bridgehead atoms. The number of hydrogen-bond donors (Lipinski definition) is 1. The molecule has 0 amide bonds. The van der Waals surface area contributed by atoms with Gasteiger partial charge in [-0.05, 0) is 19.3 Å². The van der Waals surface area contributed by atoms with Crippen molar-refractivity contribution in [1.29, 1.82) is 0 Å². The van der Waals surface area contributed by atoms with Gasteiger partial charge in [-0.2, -0.15) is 0 Å². The van der Waals surface area contributed by atoms with Crippen LogP contribution in [0.3, 0.4) is 0 Å². The van der Waals surface area contributed by atoms with Crippen molar-refractivity contribution < 1.29 is 4.90 Å². The summed E-state index contributed by atoms with van der Waals surface area (Å²) >= 11 is 7.12. The van der Waals surface area contributed by atoms with Crippen LogP contribution >= 0.6 is 24.0 Å². The maximum Gasteiger partial charge on any atom is 0.153 e. The quantitative estimate of drug-likeness (QED) is 0.668. The molecule has 2 heterocycles. The van der Waals surface area contributed by atoms with Crippen molar-refractivity contribution >= 4 is 28.3 Å². The molecule has 2 saturated heterocycles. The smallest absolute Gasteiger partial charge is 0.153 e. The van der Waals surface area contributed by atoms with E-state index in [1.807, 2.05) is 11.8 Å². The Morgan fingerprint density at radius 2 is 2.08 bits per heavy atom. The lowest BCUT2D eigenvalue weighted by molar-refractivity contribution is -0.913. The van der Waals surface area contributed by atoms with E-state index in [4.69, 9.17) is 12.2 Å². The molecule has 0 aliphatic carbocycles. The van der Waals surface area contributed by atoms with Crippen LogP contribution < -0.4 is 4.90 Å². The molecule has 2 fully saturated rings. The summed E-state index contributed by atoms with van der Waals surface area (Å²) in [7, 11) is 0. The van der Waals surface area contributed by atoms with Gasteiger partial charge in [-0.3, -0.25) is 0 Å². The zero-order valence-electron chi connectivity index (χ0n) is 7.92. The highest BCUT2D eigenvalue weighted by molar-refractivity contribution is 8.23. The second kappa shape index (κ2) is 4.62. The lowest BCUT2D eigenvalue weighted by Crippen LogP contribution is -3.14. The molecule has 2 rings (SSSR count). The van der Waals surface area contributed by atoms with Crippen LogP contribution in [0.2, 0.25) is 0 Å². The van der Waals surface area contributed by atoms with Gasteiger partial charge in [-0.1, -0.05) is 24.0 Å². The first kappa shape index (κ1) is 9.74. The molecule has 0 spiro atoms. The summed E-state index contributed by atoms with van der Waals surface area (Å²) in [5.74, 6) is 1.20. The Morgan fingerprint density at radius 1 is 1.31 bits per heavy atom. The van der Waals surface area contributed by atoms with Gasteiger partial charge in [0.15, 0.2) is 6.67 Å². The van der Waals surface area contributed by atoms with Crippen molar-refractivity contribution in [2.24, 2.45) is 0 Å². The number of likely N-dealkylation sites (tertiary alicyclic amines) is 1. The summed E-state index contributed by atoms with van der Waals surface area (Å²) in [6, 6.07) is 0. The molecule has 0 aromatic carbocycles. The molecule has 4 heteroatoms. The molecule has 1 N–H and O–H groups in total. The summed E-state index contributed by atoms with van der Waals surface area (Å²) < 4.78 is 1.12. The van der Waals surface area contributed by atoms with Crippen molar-refractivity contribution in [3.05, 3.63) is 0 Å². The summed E-state index contributed by atoms with van der Waals surface area (Å²) in [4.78, 5) is 4.11. The fourth-order valence-electron chi connectivity index (χ4n) is 2.05. The number of nitrogens with one attached hydrogen (secondary N) is 1. The number of quaternary nitrogens is 1. The third-order valence-corrected chi connectivity index (χ3v) is 4.32. The van der Waals surface area contributed by atoms with Crippen molar-refractivity contribution in [2.45, 2.75) is 19.3 Å². The van der Waals surface area contributed by atoms with E-state index in [1.165, 1.54) is 44.6 Å². The van der Waals surface area contributed by atoms with Crippen LogP contribution in [-0.2, 0) is 0 Å². The van der Waals surface area contributed by atoms with Gasteiger partial charge in [0, 0.05) is 12.3 Å². The van der Waals surface area contributed by atoms with Crippen LogP contribution in [0.1, 0.15) is 19.3 Å². The second-order valence-electron chi connectivity index (χ2n) is 3.85. The van der Waals surface area contributed by atoms with Gasteiger partial charge in [0.1, 0.15) is 4.32 Å². The molecule has 2 aliphatic rings. The summed E-state index contributed by atoms with van der Waals surface area (Å²) in [6.45, 7) is 5.03. The molecule has 0 aromatic rings. The van der Waals surface area contributed by atoms with Crippen molar-refractivity contribution in [3.8, 4) is 0 Å². The Balaban J connectivity index is 1.79. The first-order chi connectivity index (χ1) is 6.36. The van der Waals surface area contributed by atoms with Crippen LogP contribution in [0.5, 0.6) is 0 Å².